The van der Waals surface area contributed by atoms with E-state index in [1.165, 1.54) is 0 Å². The van der Waals surface area contributed by atoms with Crippen LogP contribution in [0.2, 0.25) is 0 Å². The number of halogens is 4. The first-order chi connectivity index (χ1) is 6.84. The third-order valence-corrected chi connectivity index (χ3v) is 2.43. The maximum absolute atomic E-state index is 12.7. The van der Waals surface area contributed by atoms with Gasteiger partial charge in [0.15, 0.2) is 5.83 Å². The highest BCUT2D eigenvalue weighted by Gasteiger charge is 2.21. The molecule has 0 saturated carbocycles. The Labute approximate surface area is 83.1 Å². The van der Waals surface area contributed by atoms with Crippen LogP contribution in [0.1, 0.15) is 5.56 Å². The second-order valence-corrected chi connectivity index (χ2v) is 3.82. The molecule has 1 aromatic rings. The van der Waals surface area contributed by atoms with Gasteiger partial charge in [0.25, 0.3) is 0 Å². The molecule has 0 saturated heterocycles. The van der Waals surface area contributed by atoms with E-state index in [1.54, 1.807) is 0 Å². The molecule has 0 spiro atoms. The van der Waals surface area contributed by atoms with Crippen LogP contribution in [0.15, 0.2) is 35.2 Å². The van der Waals surface area contributed by atoms with E-state index >= 15 is 0 Å². The van der Waals surface area contributed by atoms with Crippen molar-refractivity contribution >= 4 is 16.1 Å². The third kappa shape index (κ3) is 2.56. The monoisotopic (exact) mass is 240 g/mol. The maximum Gasteiger partial charge on any atom is 0.332 e. The van der Waals surface area contributed by atoms with Crippen LogP contribution < -0.4 is 0 Å². The van der Waals surface area contributed by atoms with Crippen molar-refractivity contribution in [1.29, 1.82) is 0 Å². The lowest BCUT2D eigenvalue weighted by atomic mass is 10.2. The molecule has 15 heavy (non-hydrogen) atoms. The first kappa shape index (κ1) is 11.7. The van der Waals surface area contributed by atoms with Gasteiger partial charge in [-0.25, -0.2) is 4.39 Å². The van der Waals surface area contributed by atoms with Crippen LogP contribution in [-0.2, 0) is 10.2 Å². The molecule has 2 nitrogen and oxygen atoms in total. The predicted octanol–water partition coefficient (Wildman–Crippen LogP) is 2.88. The summed E-state index contributed by atoms with van der Waals surface area (Å²) in [6.07, 6.45) is -2.70. The Kier molecular flexibility index (Phi) is 3.13. The smallest absolute Gasteiger partial charge is 0.200 e. The quantitative estimate of drug-likeness (QED) is 0.588. The molecule has 0 aliphatic heterocycles. The molecule has 0 fully saturated rings. The molecule has 0 heterocycles. The van der Waals surface area contributed by atoms with Gasteiger partial charge in [0.2, 0.25) is 0 Å². The summed E-state index contributed by atoms with van der Waals surface area (Å²) in [5.41, 5.74) is -0.986. The summed E-state index contributed by atoms with van der Waals surface area (Å²) in [6, 6.07) is 3.67. The fourth-order valence-corrected chi connectivity index (χ4v) is 1.62. The van der Waals surface area contributed by atoms with Gasteiger partial charge < -0.3 is 0 Å². The number of hydrogen-bond donors (Lipinski definition) is 0. The SMILES string of the molecule is O=S(=O)(F)c1ccccc1C(F)=C(F)F. The fourth-order valence-electron chi connectivity index (χ4n) is 0.962. The van der Waals surface area contributed by atoms with Gasteiger partial charge in [-0.2, -0.15) is 17.2 Å². The number of benzene rings is 1. The third-order valence-electron chi connectivity index (χ3n) is 1.55. The zero-order valence-electron chi connectivity index (χ0n) is 7.05. The summed E-state index contributed by atoms with van der Waals surface area (Å²) in [7, 11) is -5.22. The highest BCUT2D eigenvalue weighted by atomic mass is 32.3. The summed E-state index contributed by atoms with van der Waals surface area (Å²) in [6.45, 7) is 0. The molecular weight excluding hydrogens is 236 g/mol. The minimum absolute atomic E-state index is 0.702. The zero-order valence-corrected chi connectivity index (χ0v) is 7.86. The van der Waals surface area contributed by atoms with Crippen LogP contribution in [0.25, 0.3) is 5.83 Å². The molecule has 7 heteroatoms. The Balaban J connectivity index is 3.52. The van der Waals surface area contributed by atoms with Gasteiger partial charge in [0.05, 0.1) is 0 Å². The molecule has 0 amide bonds. The Morgan fingerprint density at radius 2 is 1.60 bits per heavy atom. The Morgan fingerprint density at radius 1 is 1.07 bits per heavy atom. The Morgan fingerprint density at radius 3 is 2.07 bits per heavy atom. The molecule has 0 radical (unpaired) electrons. The van der Waals surface area contributed by atoms with Crippen molar-refractivity contribution in [2.24, 2.45) is 0 Å². The van der Waals surface area contributed by atoms with Crippen molar-refractivity contribution < 1.29 is 25.5 Å². The summed E-state index contributed by atoms with van der Waals surface area (Å²) < 4.78 is 70.0. The number of hydrogen-bond acceptors (Lipinski definition) is 2. The molecule has 1 aromatic carbocycles. The van der Waals surface area contributed by atoms with Gasteiger partial charge in [-0.15, -0.1) is 3.89 Å². The highest BCUT2D eigenvalue weighted by molar-refractivity contribution is 7.86. The van der Waals surface area contributed by atoms with E-state index in [0.29, 0.717) is 6.07 Å². The van der Waals surface area contributed by atoms with Gasteiger partial charge in [-0.05, 0) is 6.07 Å². The van der Waals surface area contributed by atoms with E-state index in [9.17, 15) is 25.5 Å². The average Bonchev–Trinajstić information content (AvgIpc) is 2.15. The standard InChI is InChI=1S/C8H4F4O2S/c9-7(8(10)11)5-3-1-2-4-6(5)15(12,13)14/h1-4H. The van der Waals surface area contributed by atoms with Gasteiger partial charge in [-0.1, -0.05) is 18.2 Å². The molecule has 1 rings (SSSR count). The van der Waals surface area contributed by atoms with Crippen molar-refractivity contribution in [3.05, 3.63) is 35.9 Å². The van der Waals surface area contributed by atoms with Crippen LogP contribution in [0.4, 0.5) is 17.1 Å². The van der Waals surface area contributed by atoms with Crippen molar-refractivity contribution in [3.63, 3.8) is 0 Å². The summed E-state index contributed by atoms with van der Waals surface area (Å²) >= 11 is 0. The van der Waals surface area contributed by atoms with Crippen molar-refractivity contribution in [3.8, 4) is 0 Å². The summed E-state index contributed by atoms with van der Waals surface area (Å²) in [5, 5.41) is 0. The molecule has 0 N–H and O–H groups in total. The van der Waals surface area contributed by atoms with Crippen LogP contribution >= 0.6 is 0 Å². The molecule has 82 valence electrons. The zero-order chi connectivity index (χ0) is 11.6. The molecule has 0 aromatic heterocycles. The molecule has 0 aliphatic rings. The molecule has 0 aliphatic carbocycles. The average molecular weight is 240 g/mol. The first-order valence-corrected chi connectivity index (χ1v) is 4.97. The van der Waals surface area contributed by atoms with E-state index in [-0.39, 0.29) is 0 Å². The lowest BCUT2D eigenvalue weighted by molar-refractivity contribution is 0.410. The minimum Gasteiger partial charge on any atom is -0.200 e. The van der Waals surface area contributed by atoms with Crippen LogP contribution in [0.3, 0.4) is 0 Å². The second-order valence-electron chi connectivity index (χ2n) is 2.51. The van der Waals surface area contributed by atoms with Crippen LogP contribution in [0.5, 0.6) is 0 Å². The van der Waals surface area contributed by atoms with Gasteiger partial charge in [0.1, 0.15) is 4.90 Å². The normalized spacial score (nSPS) is 11.2. The largest absolute Gasteiger partial charge is 0.332 e. The maximum atomic E-state index is 12.7. The lowest BCUT2D eigenvalue weighted by Crippen LogP contribution is -1.97. The fraction of sp³-hybridized carbons (Fsp3) is 0. The summed E-state index contributed by atoms with van der Waals surface area (Å²) in [5.74, 6) is -2.05. The van der Waals surface area contributed by atoms with E-state index in [4.69, 9.17) is 0 Å². The van der Waals surface area contributed by atoms with Crippen molar-refractivity contribution in [1.82, 2.24) is 0 Å². The van der Waals surface area contributed by atoms with E-state index in [0.717, 1.165) is 18.2 Å². The molecule has 0 bridgehead atoms. The van der Waals surface area contributed by atoms with E-state index in [1.807, 2.05) is 0 Å². The van der Waals surface area contributed by atoms with E-state index < -0.39 is 32.6 Å². The molecule has 0 unspecified atom stereocenters. The first-order valence-electron chi connectivity index (χ1n) is 3.59. The highest BCUT2D eigenvalue weighted by Crippen LogP contribution is 2.28. The van der Waals surface area contributed by atoms with Crippen LogP contribution in [0, 0.1) is 0 Å². The topological polar surface area (TPSA) is 34.1 Å². The second kappa shape index (κ2) is 4.01. The lowest BCUT2D eigenvalue weighted by Gasteiger charge is -2.01. The molecular formula is C8H4F4O2S. The van der Waals surface area contributed by atoms with Gasteiger partial charge >= 0.3 is 16.3 Å². The van der Waals surface area contributed by atoms with Gasteiger partial charge in [0, 0.05) is 5.56 Å². The number of rotatable bonds is 2. The van der Waals surface area contributed by atoms with Crippen molar-refractivity contribution in [2.45, 2.75) is 4.90 Å². The predicted molar refractivity (Wildman–Crippen MR) is 45.0 cm³/mol. The minimum atomic E-state index is -5.22. The van der Waals surface area contributed by atoms with Crippen molar-refractivity contribution in [2.75, 3.05) is 0 Å². The van der Waals surface area contributed by atoms with E-state index in [2.05, 4.69) is 0 Å². The Bertz CT molecular complexity index is 503. The van der Waals surface area contributed by atoms with Gasteiger partial charge in [-0.3, -0.25) is 0 Å². The Hall–Kier alpha value is -1.37. The summed E-state index contributed by atoms with van der Waals surface area (Å²) in [4.78, 5) is -1.12. The van der Waals surface area contributed by atoms with Crippen LogP contribution in [-0.4, -0.2) is 8.42 Å². The molecule has 0 atom stereocenters.